The minimum Gasteiger partial charge on any atom is -0.369 e. The van der Waals surface area contributed by atoms with Crippen molar-refractivity contribution in [2.75, 3.05) is 17.2 Å². The molecule has 0 radical (unpaired) electrons. The molecule has 3 nitrogen and oxygen atoms in total. The summed E-state index contributed by atoms with van der Waals surface area (Å²) in [4.78, 5) is 4.38. The normalized spacial score (nSPS) is 10.3. The van der Waals surface area contributed by atoms with E-state index in [0.29, 0.717) is 21.7 Å². The van der Waals surface area contributed by atoms with E-state index in [0.717, 1.165) is 16.7 Å². The highest BCUT2D eigenvalue weighted by atomic mass is 79.9. The summed E-state index contributed by atoms with van der Waals surface area (Å²) in [6.45, 7) is 2.72. The van der Waals surface area contributed by atoms with E-state index in [9.17, 15) is 0 Å². The fourth-order valence-electron chi connectivity index (χ4n) is 1.52. The Labute approximate surface area is 130 Å². The van der Waals surface area contributed by atoms with E-state index in [2.05, 4.69) is 31.5 Å². The second kappa shape index (κ2) is 6.46. The highest BCUT2D eigenvalue weighted by molar-refractivity contribution is 9.10. The van der Waals surface area contributed by atoms with E-state index in [4.69, 9.17) is 23.2 Å². The van der Waals surface area contributed by atoms with Crippen LogP contribution in [0.4, 0.5) is 17.3 Å². The van der Waals surface area contributed by atoms with Crippen molar-refractivity contribution >= 4 is 56.5 Å². The number of benzene rings is 1. The molecule has 19 heavy (non-hydrogen) atoms. The van der Waals surface area contributed by atoms with Gasteiger partial charge in [0.15, 0.2) is 5.82 Å². The van der Waals surface area contributed by atoms with Crippen molar-refractivity contribution < 1.29 is 0 Å². The van der Waals surface area contributed by atoms with Gasteiger partial charge in [0, 0.05) is 16.7 Å². The fourth-order valence-corrected chi connectivity index (χ4v) is 2.25. The van der Waals surface area contributed by atoms with E-state index in [1.54, 1.807) is 6.07 Å². The van der Waals surface area contributed by atoms with Crippen LogP contribution >= 0.6 is 39.1 Å². The first-order chi connectivity index (χ1) is 9.10. The molecular weight excluding hydrogens is 349 g/mol. The first-order valence-electron chi connectivity index (χ1n) is 5.72. The maximum atomic E-state index is 6.14. The van der Waals surface area contributed by atoms with Crippen molar-refractivity contribution in [3.63, 3.8) is 0 Å². The smallest absolute Gasteiger partial charge is 0.151 e. The van der Waals surface area contributed by atoms with Gasteiger partial charge in [-0.05, 0) is 37.3 Å². The Bertz CT molecular complexity index is 573. The summed E-state index contributed by atoms with van der Waals surface area (Å²) < 4.78 is 1.02. The van der Waals surface area contributed by atoms with E-state index < -0.39 is 0 Å². The molecule has 1 aromatic heterocycles. The highest BCUT2D eigenvalue weighted by Crippen LogP contribution is 2.31. The van der Waals surface area contributed by atoms with Crippen LogP contribution in [-0.2, 0) is 0 Å². The summed E-state index contributed by atoms with van der Waals surface area (Å²) in [5, 5.41) is 7.24. The molecule has 2 aromatic rings. The first-order valence-corrected chi connectivity index (χ1v) is 7.27. The van der Waals surface area contributed by atoms with Gasteiger partial charge in [-0.1, -0.05) is 39.1 Å². The van der Waals surface area contributed by atoms with Gasteiger partial charge < -0.3 is 10.6 Å². The third kappa shape index (κ3) is 3.75. The molecule has 0 spiro atoms. The number of hydrogen-bond donors (Lipinski definition) is 2. The van der Waals surface area contributed by atoms with Crippen LogP contribution in [0, 0.1) is 0 Å². The van der Waals surface area contributed by atoms with Crippen molar-refractivity contribution in [1.82, 2.24) is 4.98 Å². The number of anilines is 3. The number of pyridine rings is 1. The van der Waals surface area contributed by atoms with Crippen molar-refractivity contribution in [3.05, 3.63) is 44.8 Å². The zero-order valence-corrected chi connectivity index (χ0v) is 13.3. The first kappa shape index (κ1) is 14.4. The molecule has 2 rings (SSSR count). The van der Waals surface area contributed by atoms with Crippen molar-refractivity contribution in [1.29, 1.82) is 0 Å². The van der Waals surface area contributed by atoms with E-state index >= 15 is 0 Å². The van der Waals surface area contributed by atoms with Gasteiger partial charge in [0.1, 0.15) is 5.82 Å². The van der Waals surface area contributed by atoms with Gasteiger partial charge in [0.25, 0.3) is 0 Å². The number of nitrogens with one attached hydrogen (secondary N) is 2. The molecule has 0 unspecified atom stereocenters. The minimum atomic E-state index is 0.481. The second-order valence-electron chi connectivity index (χ2n) is 3.81. The molecule has 6 heteroatoms. The lowest BCUT2D eigenvalue weighted by atomic mass is 10.3. The SMILES string of the molecule is CCNc1nc(Nc2ccc(Br)cc2)c(Cl)cc1Cl. The predicted octanol–water partition coefficient (Wildman–Crippen LogP) is 5.33. The Kier molecular flexibility index (Phi) is 4.91. The third-order valence-corrected chi connectivity index (χ3v) is 3.49. The quantitative estimate of drug-likeness (QED) is 0.773. The lowest BCUT2D eigenvalue weighted by Crippen LogP contribution is -2.03. The molecular formula is C13H12BrCl2N3. The Balaban J connectivity index is 2.28. The number of aromatic nitrogens is 1. The Morgan fingerprint density at radius 3 is 2.37 bits per heavy atom. The van der Waals surface area contributed by atoms with Crippen LogP contribution in [0.5, 0.6) is 0 Å². The molecule has 0 atom stereocenters. The summed E-state index contributed by atoms with van der Waals surface area (Å²) in [5.41, 5.74) is 0.905. The van der Waals surface area contributed by atoms with Gasteiger partial charge in [0.2, 0.25) is 0 Å². The number of rotatable bonds is 4. The average molecular weight is 361 g/mol. The molecule has 2 N–H and O–H groups in total. The van der Waals surface area contributed by atoms with Crippen LogP contribution in [0.3, 0.4) is 0 Å². The maximum Gasteiger partial charge on any atom is 0.151 e. The van der Waals surface area contributed by atoms with E-state index in [-0.39, 0.29) is 0 Å². The fraction of sp³-hybridized carbons (Fsp3) is 0.154. The molecule has 0 saturated heterocycles. The zero-order chi connectivity index (χ0) is 13.8. The lowest BCUT2D eigenvalue weighted by molar-refractivity contribution is 1.16. The molecule has 0 aliphatic rings. The molecule has 0 fully saturated rings. The van der Waals surface area contributed by atoms with Gasteiger partial charge in [-0.15, -0.1) is 0 Å². The van der Waals surface area contributed by atoms with Gasteiger partial charge >= 0.3 is 0 Å². The summed E-state index contributed by atoms with van der Waals surface area (Å²) in [7, 11) is 0. The summed E-state index contributed by atoms with van der Waals surface area (Å²) >= 11 is 15.6. The highest BCUT2D eigenvalue weighted by Gasteiger charge is 2.09. The zero-order valence-electron chi connectivity index (χ0n) is 10.2. The van der Waals surface area contributed by atoms with Crippen LogP contribution in [0.2, 0.25) is 10.0 Å². The summed E-state index contributed by atoms with van der Waals surface area (Å²) in [6, 6.07) is 9.43. The Hall–Kier alpha value is -0.970. The van der Waals surface area contributed by atoms with Crippen LogP contribution in [0.25, 0.3) is 0 Å². The molecule has 1 aromatic carbocycles. The third-order valence-electron chi connectivity index (χ3n) is 2.38. The molecule has 0 saturated carbocycles. The van der Waals surface area contributed by atoms with Gasteiger partial charge in [-0.3, -0.25) is 0 Å². The standard InChI is InChI=1S/C13H12BrCl2N3/c1-2-17-12-10(15)7-11(16)13(19-12)18-9-5-3-8(14)4-6-9/h3-7H,2H2,1H3,(H2,17,18,19). The van der Waals surface area contributed by atoms with Crippen LogP contribution in [0.15, 0.2) is 34.8 Å². The molecule has 1 heterocycles. The van der Waals surface area contributed by atoms with Gasteiger partial charge in [-0.2, -0.15) is 0 Å². The lowest BCUT2D eigenvalue weighted by Gasteiger charge is -2.11. The molecule has 0 bridgehead atoms. The van der Waals surface area contributed by atoms with Gasteiger partial charge in [-0.25, -0.2) is 4.98 Å². The van der Waals surface area contributed by atoms with E-state index in [1.807, 2.05) is 31.2 Å². The maximum absolute atomic E-state index is 6.14. The molecule has 0 amide bonds. The monoisotopic (exact) mass is 359 g/mol. The Morgan fingerprint density at radius 2 is 1.74 bits per heavy atom. The molecule has 100 valence electrons. The van der Waals surface area contributed by atoms with E-state index in [1.165, 1.54) is 0 Å². The van der Waals surface area contributed by atoms with Crippen molar-refractivity contribution in [2.45, 2.75) is 6.92 Å². The second-order valence-corrected chi connectivity index (χ2v) is 5.54. The summed E-state index contributed by atoms with van der Waals surface area (Å²) in [5.74, 6) is 1.19. The van der Waals surface area contributed by atoms with Crippen molar-refractivity contribution in [3.8, 4) is 0 Å². The number of hydrogen-bond acceptors (Lipinski definition) is 3. The summed E-state index contributed by atoms with van der Waals surface area (Å²) in [6.07, 6.45) is 0. The predicted molar refractivity (Wildman–Crippen MR) is 85.8 cm³/mol. The van der Waals surface area contributed by atoms with Gasteiger partial charge in [0.05, 0.1) is 10.0 Å². The van der Waals surface area contributed by atoms with Crippen LogP contribution < -0.4 is 10.6 Å². The average Bonchev–Trinajstić information content (AvgIpc) is 2.38. The van der Waals surface area contributed by atoms with Crippen LogP contribution in [0.1, 0.15) is 6.92 Å². The molecule has 0 aliphatic heterocycles. The van der Waals surface area contributed by atoms with Crippen LogP contribution in [-0.4, -0.2) is 11.5 Å². The largest absolute Gasteiger partial charge is 0.369 e. The minimum absolute atomic E-state index is 0.481. The number of halogens is 3. The molecule has 0 aliphatic carbocycles. The Morgan fingerprint density at radius 1 is 1.11 bits per heavy atom. The number of nitrogens with zero attached hydrogens (tertiary/aromatic N) is 1. The van der Waals surface area contributed by atoms with Crippen molar-refractivity contribution in [2.24, 2.45) is 0 Å². The topological polar surface area (TPSA) is 37.0 Å².